The topological polar surface area (TPSA) is 51.2 Å². The van der Waals surface area contributed by atoms with Gasteiger partial charge in [-0.2, -0.15) is 0 Å². The number of hydrogen-bond acceptors (Lipinski definition) is 5. The van der Waals surface area contributed by atoms with Gasteiger partial charge in [0.1, 0.15) is 11.6 Å². The minimum absolute atomic E-state index is 0.0462. The zero-order valence-corrected chi connectivity index (χ0v) is 15.0. The number of amides is 1. The van der Waals surface area contributed by atoms with Crippen LogP contribution in [0.2, 0.25) is 0 Å². The van der Waals surface area contributed by atoms with Crippen molar-refractivity contribution >= 4 is 33.7 Å². The van der Waals surface area contributed by atoms with Crippen LogP contribution >= 0.6 is 22.7 Å². The number of rotatable bonds is 4. The summed E-state index contributed by atoms with van der Waals surface area (Å²) in [6, 6.07) is 6.19. The van der Waals surface area contributed by atoms with Crippen LogP contribution in [0.25, 0.3) is 11.3 Å². The second-order valence-corrected chi connectivity index (χ2v) is 7.48. The predicted octanol–water partition coefficient (Wildman–Crippen LogP) is 4.89. The molecule has 4 nitrogen and oxygen atoms in total. The van der Waals surface area contributed by atoms with E-state index >= 15 is 0 Å². The lowest BCUT2D eigenvalue weighted by Gasteiger charge is -2.05. The number of carbonyl (C=O) groups is 1. The van der Waals surface area contributed by atoms with Crippen molar-refractivity contribution in [3.05, 3.63) is 50.8 Å². The number of nitrogens with zero attached hydrogens (tertiary/aromatic N) is 1. The lowest BCUT2D eigenvalue weighted by atomic mass is 10.2. The van der Waals surface area contributed by atoms with Crippen molar-refractivity contribution in [2.75, 3.05) is 12.4 Å². The van der Waals surface area contributed by atoms with Crippen molar-refractivity contribution < 1.29 is 13.9 Å². The van der Waals surface area contributed by atoms with Crippen molar-refractivity contribution in [3.8, 4) is 17.0 Å². The van der Waals surface area contributed by atoms with Gasteiger partial charge in [-0.25, -0.2) is 9.37 Å². The Hall–Kier alpha value is -2.25. The van der Waals surface area contributed by atoms with Crippen LogP contribution in [0.5, 0.6) is 5.75 Å². The summed E-state index contributed by atoms with van der Waals surface area (Å²) in [5.74, 6) is -0.800. The lowest BCUT2D eigenvalue weighted by molar-refractivity contribution is 0.102. The Morgan fingerprint density at radius 3 is 2.71 bits per heavy atom. The van der Waals surface area contributed by atoms with Gasteiger partial charge in [-0.15, -0.1) is 22.7 Å². The standard InChI is InChI=1S/C17H15FN2O2S2/c1-9-6-13(10(2)24-9)15-8-23-17(19-15)20-16(21)12-5-4-11(22-3)7-14(12)18/h4-8H,1-3H3,(H,19,20,21). The van der Waals surface area contributed by atoms with E-state index in [0.29, 0.717) is 10.9 Å². The molecule has 1 aromatic carbocycles. The fourth-order valence-electron chi connectivity index (χ4n) is 2.31. The highest BCUT2D eigenvalue weighted by atomic mass is 32.1. The highest BCUT2D eigenvalue weighted by Crippen LogP contribution is 2.32. The molecule has 2 aromatic heterocycles. The minimum Gasteiger partial charge on any atom is -0.497 e. The van der Waals surface area contributed by atoms with Crippen molar-refractivity contribution in [1.82, 2.24) is 4.98 Å². The van der Waals surface area contributed by atoms with E-state index in [0.717, 1.165) is 11.3 Å². The largest absolute Gasteiger partial charge is 0.497 e. The van der Waals surface area contributed by atoms with E-state index in [1.165, 1.54) is 40.3 Å². The van der Waals surface area contributed by atoms with Crippen LogP contribution in [-0.2, 0) is 0 Å². The van der Waals surface area contributed by atoms with Gasteiger partial charge >= 0.3 is 0 Å². The second-order valence-electron chi connectivity index (χ2n) is 5.16. The molecule has 0 saturated carbocycles. The van der Waals surface area contributed by atoms with Crippen LogP contribution < -0.4 is 10.1 Å². The molecule has 0 fully saturated rings. The van der Waals surface area contributed by atoms with Gasteiger partial charge in [0, 0.05) is 26.8 Å². The molecule has 0 radical (unpaired) electrons. The molecule has 0 aliphatic heterocycles. The summed E-state index contributed by atoms with van der Waals surface area (Å²) in [5, 5.41) is 4.97. The van der Waals surface area contributed by atoms with Crippen molar-refractivity contribution in [3.63, 3.8) is 0 Å². The molecule has 0 atom stereocenters. The number of aromatic nitrogens is 1. The fraction of sp³-hybridized carbons (Fsp3) is 0.176. The first-order chi connectivity index (χ1) is 11.5. The molecule has 0 aliphatic carbocycles. The number of benzene rings is 1. The number of thiazole rings is 1. The van der Waals surface area contributed by atoms with E-state index in [1.54, 1.807) is 17.4 Å². The third-order valence-electron chi connectivity index (χ3n) is 3.46. The molecule has 0 unspecified atom stereocenters. The smallest absolute Gasteiger partial charge is 0.260 e. The summed E-state index contributed by atoms with van der Waals surface area (Å²) in [6.07, 6.45) is 0. The molecule has 3 aromatic rings. The number of ether oxygens (including phenoxy) is 1. The number of anilines is 1. The normalized spacial score (nSPS) is 10.7. The van der Waals surface area contributed by atoms with Gasteiger partial charge in [-0.05, 0) is 32.0 Å². The van der Waals surface area contributed by atoms with E-state index < -0.39 is 11.7 Å². The lowest BCUT2D eigenvalue weighted by Crippen LogP contribution is -2.13. The molecule has 0 spiro atoms. The molecular formula is C17H15FN2O2S2. The molecule has 3 rings (SSSR count). The summed E-state index contributed by atoms with van der Waals surface area (Å²) >= 11 is 3.02. The van der Waals surface area contributed by atoms with Gasteiger partial charge in [-0.1, -0.05) is 0 Å². The fourth-order valence-corrected chi connectivity index (χ4v) is 3.95. The van der Waals surface area contributed by atoms with Crippen molar-refractivity contribution in [1.29, 1.82) is 0 Å². The zero-order chi connectivity index (χ0) is 17.3. The number of thiophene rings is 1. The maximum Gasteiger partial charge on any atom is 0.260 e. The Bertz CT molecular complexity index is 902. The molecule has 1 N–H and O–H groups in total. The first-order valence-electron chi connectivity index (χ1n) is 7.15. The average molecular weight is 362 g/mol. The van der Waals surface area contributed by atoms with Crippen molar-refractivity contribution in [2.45, 2.75) is 13.8 Å². The molecule has 124 valence electrons. The summed E-state index contributed by atoms with van der Waals surface area (Å²) in [6.45, 7) is 4.08. The third kappa shape index (κ3) is 3.32. The Morgan fingerprint density at radius 2 is 2.08 bits per heavy atom. The highest BCUT2D eigenvalue weighted by Gasteiger charge is 2.15. The molecule has 0 aliphatic rings. The van der Waals surface area contributed by atoms with E-state index in [1.807, 2.05) is 19.2 Å². The van der Waals surface area contributed by atoms with Gasteiger partial charge in [0.05, 0.1) is 18.4 Å². The number of carbonyl (C=O) groups excluding carboxylic acids is 1. The van der Waals surface area contributed by atoms with Gasteiger partial charge in [-0.3, -0.25) is 10.1 Å². The summed E-state index contributed by atoms with van der Waals surface area (Å²) in [4.78, 5) is 19.0. The summed E-state index contributed by atoms with van der Waals surface area (Å²) in [5.41, 5.74) is 1.83. The SMILES string of the molecule is COc1ccc(C(=O)Nc2nc(-c3cc(C)sc3C)cs2)c(F)c1. The molecular weight excluding hydrogens is 347 g/mol. The Labute approximate surface area is 146 Å². The number of halogens is 1. The number of aryl methyl sites for hydroxylation is 2. The highest BCUT2D eigenvalue weighted by molar-refractivity contribution is 7.14. The first-order valence-corrected chi connectivity index (χ1v) is 8.85. The van der Waals surface area contributed by atoms with Crippen LogP contribution in [-0.4, -0.2) is 18.0 Å². The van der Waals surface area contributed by atoms with E-state index in [4.69, 9.17) is 4.74 Å². The molecule has 1 amide bonds. The van der Waals surface area contributed by atoms with Crippen LogP contribution in [0.4, 0.5) is 9.52 Å². The number of hydrogen-bond donors (Lipinski definition) is 1. The van der Waals surface area contributed by atoms with Crippen LogP contribution in [0.15, 0.2) is 29.6 Å². The molecule has 24 heavy (non-hydrogen) atoms. The number of methoxy groups -OCH3 is 1. The van der Waals surface area contributed by atoms with Crippen LogP contribution in [0, 0.1) is 19.7 Å². The van der Waals surface area contributed by atoms with Gasteiger partial charge in [0.25, 0.3) is 5.91 Å². The van der Waals surface area contributed by atoms with E-state index in [9.17, 15) is 9.18 Å². The van der Waals surface area contributed by atoms with Gasteiger partial charge in [0.15, 0.2) is 5.13 Å². The summed E-state index contributed by atoms with van der Waals surface area (Å²) < 4.78 is 18.9. The van der Waals surface area contributed by atoms with Crippen LogP contribution in [0.3, 0.4) is 0 Å². The third-order valence-corrected chi connectivity index (χ3v) is 5.19. The molecule has 0 saturated heterocycles. The molecule has 0 bridgehead atoms. The minimum atomic E-state index is -0.632. The van der Waals surface area contributed by atoms with E-state index in [-0.39, 0.29) is 5.56 Å². The Balaban J connectivity index is 1.79. The monoisotopic (exact) mass is 362 g/mol. The molecule has 7 heteroatoms. The predicted molar refractivity (Wildman–Crippen MR) is 95.8 cm³/mol. The second kappa shape index (κ2) is 6.70. The van der Waals surface area contributed by atoms with E-state index in [2.05, 4.69) is 16.4 Å². The maximum atomic E-state index is 14.0. The zero-order valence-electron chi connectivity index (χ0n) is 13.3. The quantitative estimate of drug-likeness (QED) is 0.719. The summed E-state index contributed by atoms with van der Waals surface area (Å²) in [7, 11) is 1.44. The van der Waals surface area contributed by atoms with Gasteiger partial charge in [0.2, 0.25) is 0 Å². The molecule has 2 heterocycles. The Morgan fingerprint density at radius 1 is 1.29 bits per heavy atom. The van der Waals surface area contributed by atoms with Gasteiger partial charge < -0.3 is 4.74 Å². The Kier molecular flexibility index (Phi) is 4.64. The average Bonchev–Trinajstić information content (AvgIpc) is 3.12. The number of nitrogens with one attached hydrogen (secondary N) is 1. The van der Waals surface area contributed by atoms with Crippen molar-refractivity contribution in [2.24, 2.45) is 0 Å². The maximum absolute atomic E-state index is 14.0. The van der Waals surface area contributed by atoms with Crippen LogP contribution in [0.1, 0.15) is 20.1 Å². The first kappa shape index (κ1) is 16.6.